The quantitative estimate of drug-likeness (QED) is 0.491. The molecule has 4 amide bonds. The third-order valence-electron chi connectivity index (χ3n) is 7.66. The summed E-state index contributed by atoms with van der Waals surface area (Å²) < 4.78 is 32.6. The van der Waals surface area contributed by atoms with Gasteiger partial charge < -0.3 is 20.3 Å². The van der Waals surface area contributed by atoms with Crippen molar-refractivity contribution in [2.75, 3.05) is 27.2 Å². The molecule has 0 aromatic heterocycles. The maximum absolute atomic E-state index is 14.1. The fourth-order valence-corrected chi connectivity index (χ4v) is 5.50. The summed E-state index contributed by atoms with van der Waals surface area (Å²) in [7, 11) is 3.17. The van der Waals surface area contributed by atoms with E-state index in [4.69, 9.17) is 4.74 Å². The lowest BCUT2D eigenvalue weighted by Crippen LogP contribution is -2.55. The maximum Gasteiger partial charge on any atom is 0.337 e. The molecule has 1 atom stereocenters. The summed E-state index contributed by atoms with van der Waals surface area (Å²) in [5, 5.41) is 5.24. The van der Waals surface area contributed by atoms with Gasteiger partial charge in [0.05, 0.1) is 12.7 Å². The van der Waals surface area contributed by atoms with Crippen LogP contribution in [0.1, 0.15) is 55.7 Å². The predicted molar refractivity (Wildman–Crippen MR) is 142 cm³/mol. The average Bonchev–Trinajstić information content (AvgIpc) is 2.94. The Bertz CT molecular complexity index is 1250. The van der Waals surface area contributed by atoms with Crippen LogP contribution < -0.4 is 10.6 Å². The highest BCUT2D eigenvalue weighted by atomic mass is 19.2. The Morgan fingerprint density at radius 1 is 1.05 bits per heavy atom. The van der Waals surface area contributed by atoms with Crippen LogP contribution in [0.15, 0.2) is 59.8 Å². The molecule has 2 aromatic rings. The van der Waals surface area contributed by atoms with Gasteiger partial charge in [-0.3, -0.25) is 0 Å². The number of likely N-dealkylation sites (N-methyl/N-ethyl adjacent to an activating group) is 1. The van der Waals surface area contributed by atoms with Gasteiger partial charge in [0.1, 0.15) is 6.04 Å². The molecule has 10 heteroatoms. The number of carbonyl (C=O) groups excluding carboxylic acids is 3. The van der Waals surface area contributed by atoms with Gasteiger partial charge in [-0.25, -0.2) is 28.1 Å². The molecule has 0 radical (unpaired) electrons. The van der Waals surface area contributed by atoms with Crippen molar-refractivity contribution in [1.29, 1.82) is 0 Å². The van der Waals surface area contributed by atoms with Gasteiger partial charge in [0, 0.05) is 24.8 Å². The molecule has 1 heterocycles. The molecule has 8 nitrogen and oxygen atoms in total. The van der Waals surface area contributed by atoms with E-state index >= 15 is 0 Å². The van der Waals surface area contributed by atoms with Crippen molar-refractivity contribution in [2.24, 2.45) is 0 Å². The van der Waals surface area contributed by atoms with Gasteiger partial charge in [-0.1, -0.05) is 36.4 Å². The summed E-state index contributed by atoms with van der Waals surface area (Å²) >= 11 is 0. The Kier molecular flexibility index (Phi) is 8.96. The molecule has 2 aromatic carbocycles. The topological polar surface area (TPSA) is 91.0 Å². The molecular formula is C29H34F2N4O4. The number of methoxy groups -OCH3 is 1. The summed E-state index contributed by atoms with van der Waals surface area (Å²) in [6.07, 6.45) is 4.28. The van der Waals surface area contributed by atoms with Crippen LogP contribution >= 0.6 is 0 Å². The summed E-state index contributed by atoms with van der Waals surface area (Å²) in [6, 6.07) is 11.0. The normalized spacial score (nSPS) is 21.5. The minimum atomic E-state index is -1.30. The molecule has 0 spiro atoms. The second-order valence-corrected chi connectivity index (χ2v) is 10.0. The molecule has 4 rings (SSSR count). The van der Waals surface area contributed by atoms with E-state index in [0.29, 0.717) is 18.5 Å². The van der Waals surface area contributed by atoms with E-state index in [0.717, 1.165) is 49.8 Å². The number of benzene rings is 2. The molecule has 1 unspecified atom stereocenters. The summed E-state index contributed by atoms with van der Waals surface area (Å²) in [6.45, 7) is 2.28. The largest absolute Gasteiger partial charge is 0.466 e. The van der Waals surface area contributed by atoms with Crippen molar-refractivity contribution in [3.8, 4) is 0 Å². The van der Waals surface area contributed by atoms with Crippen LogP contribution in [-0.2, 0) is 9.53 Å². The van der Waals surface area contributed by atoms with Crippen molar-refractivity contribution < 1.29 is 27.9 Å². The third-order valence-corrected chi connectivity index (χ3v) is 7.66. The van der Waals surface area contributed by atoms with Gasteiger partial charge in [0.25, 0.3) is 0 Å². The molecule has 1 saturated carbocycles. The zero-order valence-electron chi connectivity index (χ0n) is 22.4. The Hall–Kier alpha value is -3.79. The predicted octanol–water partition coefficient (Wildman–Crippen LogP) is 4.85. The van der Waals surface area contributed by atoms with Gasteiger partial charge in [-0.15, -0.1) is 0 Å². The average molecular weight is 541 g/mol. The zero-order valence-corrected chi connectivity index (χ0v) is 22.4. The van der Waals surface area contributed by atoms with E-state index in [2.05, 4.69) is 39.8 Å². The van der Waals surface area contributed by atoms with Crippen molar-refractivity contribution in [3.63, 3.8) is 0 Å². The lowest BCUT2D eigenvalue weighted by Gasteiger charge is -2.37. The van der Waals surface area contributed by atoms with Crippen LogP contribution in [0.3, 0.4) is 0 Å². The Morgan fingerprint density at radius 2 is 1.74 bits per heavy atom. The van der Waals surface area contributed by atoms with E-state index < -0.39 is 35.7 Å². The molecule has 1 aliphatic carbocycles. The van der Waals surface area contributed by atoms with Crippen molar-refractivity contribution in [3.05, 3.63) is 82.6 Å². The number of allylic oxidation sites excluding steroid dienone is 1. The fraction of sp³-hybridized carbons (Fsp3) is 0.414. The van der Waals surface area contributed by atoms with Crippen molar-refractivity contribution in [1.82, 2.24) is 20.4 Å². The Morgan fingerprint density at radius 3 is 2.38 bits per heavy atom. The number of amides is 4. The Balaban J connectivity index is 1.41. The van der Waals surface area contributed by atoms with Crippen LogP contribution in [-0.4, -0.2) is 61.1 Å². The SMILES string of the molecule is COC(=O)C1=C(C)NC(=O)N(C(=O)NCCN(C)C2CCC(c3ccccc3)CC2)C1c1ccc(F)c(F)c1. The van der Waals surface area contributed by atoms with E-state index in [1.807, 2.05) is 13.1 Å². The van der Waals surface area contributed by atoms with Crippen LogP contribution in [0.25, 0.3) is 0 Å². The van der Waals surface area contributed by atoms with E-state index in [1.165, 1.54) is 18.6 Å². The first kappa shape index (κ1) is 28.2. The number of esters is 1. The number of hydrogen-bond acceptors (Lipinski definition) is 5. The van der Waals surface area contributed by atoms with Gasteiger partial charge in [0.15, 0.2) is 11.6 Å². The zero-order chi connectivity index (χ0) is 28.1. The molecule has 39 heavy (non-hydrogen) atoms. The molecule has 208 valence electrons. The van der Waals surface area contributed by atoms with Gasteiger partial charge >= 0.3 is 18.0 Å². The van der Waals surface area contributed by atoms with Gasteiger partial charge in [-0.2, -0.15) is 0 Å². The smallest absolute Gasteiger partial charge is 0.337 e. The number of imide groups is 1. The fourth-order valence-electron chi connectivity index (χ4n) is 5.50. The van der Waals surface area contributed by atoms with Crippen molar-refractivity contribution in [2.45, 2.75) is 50.6 Å². The standard InChI is InChI=1S/C29H34F2N4O4/c1-18-25(27(36)39-3)26(21-11-14-23(30)24(31)17-21)35(29(38)33-18)28(37)32-15-16-34(2)22-12-9-20(10-13-22)19-7-5-4-6-8-19/h4-8,11,14,17,20,22,26H,9-10,12-13,15-16H2,1-3H3,(H,32,37)(H,33,38). The highest BCUT2D eigenvalue weighted by Gasteiger charge is 2.42. The first-order chi connectivity index (χ1) is 18.7. The third kappa shape index (κ3) is 6.27. The number of nitrogens with zero attached hydrogens (tertiary/aromatic N) is 2. The molecular weight excluding hydrogens is 506 g/mol. The summed E-state index contributed by atoms with van der Waals surface area (Å²) in [5.74, 6) is -2.49. The van der Waals surface area contributed by atoms with E-state index in [1.54, 1.807) is 0 Å². The van der Waals surface area contributed by atoms with Gasteiger partial charge in [0.2, 0.25) is 0 Å². The number of urea groups is 2. The number of ether oxygens (including phenoxy) is 1. The molecule has 1 aliphatic heterocycles. The van der Waals surface area contributed by atoms with Crippen LogP contribution in [0.4, 0.5) is 18.4 Å². The lowest BCUT2D eigenvalue weighted by molar-refractivity contribution is -0.136. The number of halogens is 2. The van der Waals surface area contributed by atoms with Crippen LogP contribution in [0, 0.1) is 11.6 Å². The number of rotatable bonds is 7. The second-order valence-electron chi connectivity index (χ2n) is 10.0. The number of hydrogen-bond donors (Lipinski definition) is 2. The van der Waals surface area contributed by atoms with E-state index in [-0.39, 0.29) is 23.4 Å². The molecule has 0 saturated heterocycles. The molecule has 2 aliphatic rings. The molecule has 1 fully saturated rings. The molecule has 0 bridgehead atoms. The summed E-state index contributed by atoms with van der Waals surface area (Å²) in [4.78, 5) is 41.8. The Labute approximate surface area is 227 Å². The van der Waals surface area contributed by atoms with E-state index in [9.17, 15) is 23.2 Å². The van der Waals surface area contributed by atoms with Crippen LogP contribution in [0.5, 0.6) is 0 Å². The first-order valence-corrected chi connectivity index (χ1v) is 13.1. The monoisotopic (exact) mass is 540 g/mol. The number of nitrogens with one attached hydrogen (secondary N) is 2. The number of carbonyl (C=O) groups is 3. The minimum Gasteiger partial charge on any atom is -0.466 e. The van der Waals surface area contributed by atoms with Gasteiger partial charge in [-0.05, 0) is 68.8 Å². The first-order valence-electron chi connectivity index (χ1n) is 13.1. The minimum absolute atomic E-state index is 0.0504. The lowest BCUT2D eigenvalue weighted by atomic mass is 9.81. The molecule has 2 N–H and O–H groups in total. The maximum atomic E-state index is 14.1. The second kappa shape index (κ2) is 12.4. The van der Waals surface area contributed by atoms with Crippen LogP contribution in [0.2, 0.25) is 0 Å². The highest BCUT2D eigenvalue weighted by molar-refractivity contribution is 6.01. The highest BCUT2D eigenvalue weighted by Crippen LogP contribution is 2.36. The summed E-state index contributed by atoms with van der Waals surface area (Å²) in [5.41, 5.74) is 1.55. The van der Waals surface area contributed by atoms with Crippen molar-refractivity contribution >= 4 is 18.0 Å².